The molecule has 0 aliphatic carbocycles. The van der Waals surface area contributed by atoms with Crippen LogP contribution in [0.5, 0.6) is 0 Å². The van der Waals surface area contributed by atoms with Crippen LogP contribution < -0.4 is 10.6 Å². The first-order valence-corrected chi connectivity index (χ1v) is 4.67. The molecule has 1 heterocycles. The van der Waals surface area contributed by atoms with E-state index < -0.39 is 5.60 Å². The van der Waals surface area contributed by atoms with Crippen LogP contribution in [0.25, 0.3) is 0 Å². The summed E-state index contributed by atoms with van der Waals surface area (Å²) in [7, 11) is 1.59. The highest BCUT2D eigenvalue weighted by atomic mass is 16.5. The van der Waals surface area contributed by atoms with Crippen LogP contribution in [0.4, 0.5) is 0 Å². The smallest absolute Gasteiger partial charge is 0.253 e. The van der Waals surface area contributed by atoms with Crippen molar-refractivity contribution in [1.82, 2.24) is 10.6 Å². The second kappa shape index (κ2) is 4.07. The van der Waals surface area contributed by atoms with Crippen LogP contribution in [0.1, 0.15) is 20.3 Å². The molecule has 0 spiro atoms. The van der Waals surface area contributed by atoms with Crippen LogP contribution in [-0.4, -0.2) is 37.7 Å². The molecule has 1 unspecified atom stereocenters. The highest BCUT2D eigenvalue weighted by Crippen LogP contribution is 2.19. The maximum Gasteiger partial charge on any atom is 0.253 e. The van der Waals surface area contributed by atoms with Gasteiger partial charge in [-0.15, -0.1) is 0 Å². The van der Waals surface area contributed by atoms with E-state index in [4.69, 9.17) is 4.74 Å². The largest absolute Gasteiger partial charge is 0.367 e. The van der Waals surface area contributed by atoms with Crippen LogP contribution in [0, 0.1) is 0 Å². The van der Waals surface area contributed by atoms with Gasteiger partial charge >= 0.3 is 0 Å². The summed E-state index contributed by atoms with van der Waals surface area (Å²) in [6.07, 6.45) is 0.752. The second-order valence-corrected chi connectivity index (χ2v) is 3.75. The third kappa shape index (κ3) is 2.19. The summed E-state index contributed by atoms with van der Waals surface area (Å²) in [5.74, 6) is -0.00463. The van der Waals surface area contributed by atoms with Crippen LogP contribution >= 0.6 is 0 Å². The summed E-state index contributed by atoms with van der Waals surface area (Å²) in [5, 5.41) is 6.00. The van der Waals surface area contributed by atoms with Crippen LogP contribution in [0.3, 0.4) is 0 Å². The van der Waals surface area contributed by atoms with Gasteiger partial charge in [0.25, 0.3) is 5.91 Å². The van der Waals surface area contributed by atoms with E-state index in [9.17, 15) is 4.79 Å². The van der Waals surface area contributed by atoms with Crippen molar-refractivity contribution < 1.29 is 9.53 Å². The molecule has 4 nitrogen and oxygen atoms in total. The predicted octanol–water partition coefficient (Wildman–Crippen LogP) is -0.111. The number of methoxy groups -OCH3 is 1. The molecule has 0 bridgehead atoms. The Bertz CT molecular complexity index is 186. The van der Waals surface area contributed by atoms with Crippen LogP contribution in [0.15, 0.2) is 0 Å². The molecule has 0 aromatic heterocycles. The van der Waals surface area contributed by atoms with E-state index in [2.05, 4.69) is 10.6 Å². The van der Waals surface area contributed by atoms with Crippen LogP contribution in [-0.2, 0) is 9.53 Å². The fourth-order valence-electron chi connectivity index (χ4n) is 1.52. The molecule has 0 radical (unpaired) electrons. The van der Waals surface area contributed by atoms with Gasteiger partial charge in [-0.25, -0.2) is 0 Å². The molecule has 4 heteroatoms. The zero-order valence-electron chi connectivity index (χ0n) is 8.52. The van der Waals surface area contributed by atoms with Crippen molar-refractivity contribution in [2.75, 3.05) is 20.2 Å². The second-order valence-electron chi connectivity index (χ2n) is 3.75. The molecule has 1 amide bonds. The Kier molecular flexibility index (Phi) is 3.27. The summed E-state index contributed by atoms with van der Waals surface area (Å²) in [6, 6.07) is 0.167. The predicted molar refractivity (Wildman–Crippen MR) is 50.5 cm³/mol. The highest BCUT2D eigenvalue weighted by Gasteiger charge is 2.41. The highest BCUT2D eigenvalue weighted by molar-refractivity contribution is 5.86. The molecule has 1 aliphatic rings. The molecule has 1 aliphatic heterocycles. The lowest BCUT2D eigenvalue weighted by Gasteiger charge is -2.26. The zero-order valence-corrected chi connectivity index (χ0v) is 8.52. The van der Waals surface area contributed by atoms with Crippen LogP contribution in [0.2, 0.25) is 0 Å². The maximum absolute atomic E-state index is 11.7. The first-order chi connectivity index (χ1) is 6.10. The number of amides is 1. The molecule has 1 fully saturated rings. The van der Waals surface area contributed by atoms with E-state index in [1.165, 1.54) is 0 Å². The van der Waals surface area contributed by atoms with Crippen molar-refractivity contribution in [3.8, 4) is 0 Å². The lowest BCUT2D eigenvalue weighted by Crippen LogP contribution is -2.51. The van der Waals surface area contributed by atoms with Gasteiger partial charge in [0.1, 0.15) is 0 Å². The Hall–Kier alpha value is -0.610. The maximum atomic E-state index is 11.7. The number of carbonyl (C=O) groups excluding carboxylic acids is 1. The monoisotopic (exact) mass is 186 g/mol. The first-order valence-electron chi connectivity index (χ1n) is 4.67. The number of ether oxygens (including phenoxy) is 1. The average molecular weight is 186 g/mol. The van der Waals surface area contributed by atoms with E-state index in [0.29, 0.717) is 6.54 Å². The lowest BCUT2D eigenvalue weighted by atomic mass is 10.0. The summed E-state index contributed by atoms with van der Waals surface area (Å²) < 4.78 is 5.29. The third-order valence-electron chi connectivity index (χ3n) is 2.34. The fourth-order valence-corrected chi connectivity index (χ4v) is 1.52. The van der Waals surface area contributed by atoms with E-state index in [-0.39, 0.29) is 11.9 Å². The van der Waals surface area contributed by atoms with E-state index >= 15 is 0 Å². The Labute approximate surface area is 79.0 Å². The third-order valence-corrected chi connectivity index (χ3v) is 2.34. The molecule has 76 valence electrons. The van der Waals surface area contributed by atoms with Gasteiger partial charge in [0.05, 0.1) is 0 Å². The van der Waals surface area contributed by atoms with Gasteiger partial charge in [0, 0.05) is 19.7 Å². The molecular formula is C9H18N2O2. The molecule has 0 aromatic carbocycles. The first kappa shape index (κ1) is 10.5. The van der Waals surface area contributed by atoms with Gasteiger partial charge in [-0.05, 0) is 26.8 Å². The van der Waals surface area contributed by atoms with Crippen molar-refractivity contribution in [3.63, 3.8) is 0 Å². The topological polar surface area (TPSA) is 50.4 Å². The quantitative estimate of drug-likeness (QED) is 0.646. The minimum absolute atomic E-state index is 0.00463. The average Bonchev–Trinajstić information content (AvgIpc) is 2.51. The SMILES string of the molecule is COC1(C(=O)NC(C)C)CCNC1. The molecular weight excluding hydrogens is 168 g/mol. The van der Waals surface area contributed by atoms with Gasteiger partial charge < -0.3 is 15.4 Å². The minimum Gasteiger partial charge on any atom is -0.367 e. The molecule has 1 saturated heterocycles. The van der Waals surface area contributed by atoms with Gasteiger partial charge in [-0.3, -0.25) is 4.79 Å². The lowest BCUT2D eigenvalue weighted by molar-refractivity contribution is -0.141. The summed E-state index contributed by atoms with van der Waals surface area (Å²) in [6.45, 7) is 5.36. The molecule has 2 N–H and O–H groups in total. The van der Waals surface area contributed by atoms with Crippen molar-refractivity contribution in [2.24, 2.45) is 0 Å². The van der Waals surface area contributed by atoms with E-state index in [0.717, 1.165) is 13.0 Å². The molecule has 0 saturated carbocycles. The summed E-state index contributed by atoms with van der Waals surface area (Å²) >= 11 is 0. The standard InChI is InChI=1S/C9H18N2O2/c1-7(2)11-8(12)9(13-3)4-5-10-6-9/h7,10H,4-6H2,1-3H3,(H,11,12). The van der Waals surface area contributed by atoms with E-state index in [1.54, 1.807) is 7.11 Å². The van der Waals surface area contributed by atoms with Crippen molar-refractivity contribution in [2.45, 2.75) is 31.9 Å². The van der Waals surface area contributed by atoms with Gasteiger partial charge in [0.2, 0.25) is 0 Å². The van der Waals surface area contributed by atoms with Gasteiger partial charge in [-0.2, -0.15) is 0 Å². The molecule has 0 aromatic rings. The number of nitrogens with one attached hydrogen (secondary N) is 2. The number of rotatable bonds is 3. The van der Waals surface area contributed by atoms with Gasteiger partial charge in [0.15, 0.2) is 5.60 Å². The Morgan fingerprint density at radius 3 is 2.69 bits per heavy atom. The summed E-state index contributed by atoms with van der Waals surface area (Å²) in [5.41, 5.74) is -0.635. The number of hydrogen-bond donors (Lipinski definition) is 2. The number of hydrogen-bond acceptors (Lipinski definition) is 3. The normalized spacial score (nSPS) is 28.0. The zero-order chi connectivity index (χ0) is 9.90. The van der Waals surface area contributed by atoms with E-state index in [1.807, 2.05) is 13.8 Å². The fraction of sp³-hybridized carbons (Fsp3) is 0.889. The number of carbonyl (C=O) groups is 1. The Morgan fingerprint density at radius 2 is 2.31 bits per heavy atom. The molecule has 13 heavy (non-hydrogen) atoms. The Morgan fingerprint density at radius 1 is 1.62 bits per heavy atom. The summed E-state index contributed by atoms with van der Waals surface area (Å²) in [4.78, 5) is 11.7. The van der Waals surface area contributed by atoms with Crippen molar-refractivity contribution >= 4 is 5.91 Å². The van der Waals surface area contributed by atoms with Crippen molar-refractivity contribution in [3.05, 3.63) is 0 Å². The minimum atomic E-state index is -0.635. The molecule has 1 rings (SSSR count). The Balaban J connectivity index is 2.60. The molecule has 1 atom stereocenters. The van der Waals surface area contributed by atoms with Gasteiger partial charge in [-0.1, -0.05) is 0 Å². The van der Waals surface area contributed by atoms with Crippen molar-refractivity contribution in [1.29, 1.82) is 0 Å².